The highest BCUT2D eigenvalue weighted by molar-refractivity contribution is 14.1. The largest absolute Gasteiger partial charge is 0.305 e. The fraction of sp³-hybridized carbons (Fsp3) is 0. The van der Waals surface area contributed by atoms with Gasteiger partial charge >= 0.3 is 0 Å². The Morgan fingerprint density at radius 1 is 1.11 bits per heavy atom. The van der Waals surface area contributed by atoms with Crippen LogP contribution >= 0.6 is 33.9 Å². The van der Waals surface area contributed by atoms with E-state index >= 15 is 0 Å². The number of aromatic nitrogens is 2. The second kappa shape index (κ2) is 5.26. The second-order valence-corrected chi connectivity index (χ2v) is 5.95. The number of hydrogen-bond acceptors (Lipinski definition) is 3. The standard InChI is InChI=1S/C14H9IN2OS/c15-11-12(9-5-2-1-3-6-9)16-13(17-14(11)18)10-7-4-8-19-10/h1-8H,(H,16,17,18). The lowest BCUT2D eigenvalue weighted by atomic mass is 10.1. The van der Waals surface area contributed by atoms with Crippen molar-refractivity contribution in [1.29, 1.82) is 0 Å². The average Bonchev–Trinajstić information content (AvgIpc) is 2.97. The molecule has 94 valence electrons. The molecule has 0 aliphatic rings. The van der Waals surface area contributed by atoms with Crippen LogP contribution < -0.4 is 5.56 Å². The molecule has 0 radical (unpaired) electrons. The van der Waals surface area contributed by atoms with Crippen molar-refractivity contribution < 1.29 is 0 Å². The van der Waals surface area contributed by atoms with Gasteiger partial charge in [0.15, 0.2) is 5.82 Å². The van der Waals surface area contributed by atoms with E-state index in [4.69, 9.17) is 0 Å². The fourth-order valence-corrected chi connectivity index (χ4v) is 3.01. The summed E-state index contributed by atoms with van der Waals surface area (Å²) in [5, 5.41) is 1.97. The molecular formula is C14H9IN2OS. The summed E-state index contributed by atoms with van der Waals surface area (Å²) in [5.74, 6) is 0.624. The zero-order valence-corrected chi connectivity index (χ0v) is 12.7. The van der Waals surface area contributed by atoms with E-state index in [-0.39, 0.29) is 5.56 Å². The summed E-state index contributed by atoms with van der Waals surface area (Å²) in [6, 6.07) is 13.6. The number of rotatable bonds is 2. The van der Waals surface area contributed by atoms with Crippen LogP contribution in [0.3, 0.4) is 0 Å². The first kappa shape index (κ1) is 12.6. The number of nitrogens with zero attached hydrogens (tertiary/aromatic N) is 1. The van der Waals surface area contributed by atoms with Gasteiger partial charge in [-0.3, -0.25) is 4.79 Å². The lowest BCUT2D eigenvalue weighted by Crippen LogP contribution is -2.14. The van der Waals surface area contributed by atoms with Crippen LogP contribution in [-0.4, -0.2) is 9.97 Å². The third kappa shape index (κ3) is 2.48. The first-order valence-corrected chi connectivity index (χ1v) is 7.60. The molecule has 1 aromatic carbocycles. The Hall–Kier alpha value is -1.47. The fourth-order valence-electron chi connectivity index (χ4n) is 1.78. The number of hydrogen-bond donors (Lipinski definition) is 1. The summed E-state index contributed by atoms with van der Waals surface area (Å²) in [5.41, 5.74) is 1.59. The number of benzene rings is 1. The van der Waals surface area contributed by atoms with E-state index in [2.05, 4.69) is 9.97 Å². The van der Waals surface area contributed by atoms with E-state index in [0.29, 0.717) is 9.39 Å². The van der Waals surface area contributed by atoms with E-state index in [1.807, 2.05) is 70.4 Å². The molecule has 2 heterocycles. The first-order chi connectivity index (χ1) is 9.25. The molecule has 0 spiro atoms. The van der Waals surface area contributed by atoms with Gasteiger partial charge in [-0.15, -0.1) is 11.3 Å². The summed E-state index contributed by atoms with van der Waals surface area (Å²) in [6.07, 6.45) is 0. The van der Waals surface area contributed by atoms with Gasteiger partial charge in [0.1, 0.15) is 3.57 Å². The van der Waals surface area contributed by atoms with Crippen molar-refractivity contribution in [2.75, 3.05) is 0 Å². The summed E-state index contributed by atoms with van der Waals surface area (Å²) in [4.78, 5) is 20.4. The Labute approximate surface area is 127 Å². The second-order valence-electron chi connectivity index (χ2n) is 3.92. The zero-order chi connectivity index (χ0) is 13.2. The highest BCUT2D eigenvalue weighted by Crippen LogP contribution is 2.25. The molecule has 3 nitrogen and oxygen atoms in total. The van der Waals surface area contributed by atoms with Gasteiger partial charge in [0, 0.05) is 5.56 Å². The van der Waals surface area contributed by atoms with Crippen LogP contribution in [0.2, 0.25) is 0 Å². The Balaban J connectivity index is 2.23. The number of aromatic amines is 1. The van der Waals surface area contributed by atoms with Gasteiger partial charge in [-0.2, -0.15) is 0 Å². The minimum absolute atomic E-state index is 0.0992. The number of nitrogens with one attached hydrogen (secondary N) is 1. The predicted molar refractivity (Wildman–Crippen MR) is 86.3 cm³/mol. The van der Waals surface area contributed by atoms with E-state index in [1.165, 1.54) is 0 Å². The maximum absolute atomic E-state index is 12.0. The summed E-state index contributed by atoms with van der Waals surface area (Å²) < 4.78 is 0.615. The summed E-state index contributed by atoms with van der Waals surface area (Å²) in [7, 11) is 0. The maximum atomic E-state index is 12.0. The van der Waals surface area contributed by atoms with Crippen molar-refractivity contribution >= 4 is 33.9 Å². The summed E-state index contributed by atoms with van der Waals surface area (Å²) in [6.45, 7) is 0. The van der Waals surface area contributed by atoms with Gasteiger partial charge in [-0.1, -0.05) is 36.4 Å². The molecule has 0 amide bonds. The SMILES string of the molecule is O=c1[nH]c(-c2cccs2)nc(-c2ccccc2)c1I. The molecule has 2 aromatic heterocycles. The molecule has 5 heteroatoms. The third-order valence-electron chi connectivity index (χ3n) is 2.66. The van der Waals surface area contributed by atoms with Crippen LogP contribution in [-0.2, 0) is 0 Å². The molecule has 0 atom stereocenters. The van der Waals surface area contributed by atoms with Gasteiger partial charge in [0.25, 0.3) is 5.56 Å². The number of halogens is 1. The molecule has 1 N–H and O–H groups in total. The van der Waals surface area contributed by atoms with Gasteiger partial charge in [-0.05, 0) is 34.0 Å². The molecule has 19 heavy (non-hydrogen) atoms. The molecule has 0 bridgehead atoms. The topological polar surface area (TPSA) is 45.8 Å². The normalized spacial score (nSPS) is 10.6. The van der Waals surface area contributed by atoms with Crippen LogP contribution in [0.1, 0.15) is 0 Å². The van der Waals surface area contributed by atoms with Gasteiger partial charge in [0.05, 0.1) is 10.6 Å². The van der Waals surface area contributed by atoms with Gasteiger partial charge < -0.3 is 4.98 Å². The first-order valence-electron chi connectivity index (χ1n) is 5.65. The number of H-pyrrole nitrogens is 1. The predicted octanol–water partition coefficient (Wildman–Crippen LogP) is 3.77. The van der Waals surface area contributed by atoms with Crippen LogP contribution in [0.25, 0.3) is 22.0 Å². The molecule has 0 aliphatic heterocycles. The minimum Gasteiger partial charge on any atom is -0.305 e. The quantitative estimate of drug-likeness (QED) is 0.688. The molecular weight excluding hydrogens is 371 g/mol. The van der Waals surface area contributed by atoms with E-state index in [9.17, 15) is 4.79 Å². The smallest absolute Gasteiger partial charge is 0.265 e. The Morgan fingerprint density at radius 2 is 1.89 bits per heavy atom. The van der Waals surface area contributed by atoms with Crippen molar-refractivity contribution in [3.8, 4) is 22.0 Å². The molecule has 0 aliphatic carbocycles. The van der Waals surface area contributed by atoms with Gasteiger partial charge in [0.2, 0.25) is 0 Å². The highest BCUT2D eigenvalue weighted by Gasteiger charge is 2.12. The molecule has 0 fully saturated rings. The average molecular weight is 380 g/mol. The highest BCUT2D eigenvalue weighted by atomic mass is 127. The van der Waals surface area contributed by atoms with E-state index in [1.54, 1.807) is 11.3 Å². The maximum Gasteiger partial charge on any atom is 0.265 e. The molecule has 0 unspecified atom stereocenters. The minimum atomic E-state index is -0.0992. The van der Waals surface area contributed by atoms with Crippen molar-refractivity contribution in [2.45, 2.75) is 0 Å². The van der Waals surface area contributed by atoms with Crippen molar-refractivity contribution in [3.63, 3.8) is 0 Å². The van der Waals surface area contributed by atoms with E-state index < -0.39 is 0 Å². The van der Waals surface area contributed by atoms with Crippen molar-refractivity contribution in [1.82, 2.24) is 9.97 Å². The lowest BCUT2D eigenvalue weighted by Gasteiger charge is -2.05. The van der Waals surface area contributed by atoms with Crippen molar-refractivity contribution in [2.24, 2.45) is 0 Å². The Bertz CT molecular complexity index is 751. The zero-order valence-electron chi connectivity index (χ0n) is 9.76. The third-order valence-corrected chi connectivity index (χ3v) is 4.54. The molecule has 3 rings (SSSR count). The van der Waals surface area contributed by atoms with Crippen LogP contribution in [0.5, 0.6) is 0 Å². The lowest BCUT2D eigenvalue weighted by molar-refractivity contribution is 1.12. The van der Waals surface area contributed by atoms with E-state index in [0.717, 1.165) is 16.1 Å². The summed E-state index contributed by atoms with van der Waals surface area (Å²) >= 11 is 3.60. The monoisotopic (exact) mass is 380 g/mol. The van der Waals surface area contributed by atoms with Gasteiger partial charge in [-0.25, -0.2) is 4.98 Å². The Kier molecular flexibility index (Phi) is 3.48. The van der Waals surface area contributed by atoms with Crippen LogP contribution in [0.4, 0.5) is 0 Å². The molecule has 0 saturated carbocycles. The van der Waals surface area contributed by atoms with Crippen LogP contribution in [0, 0.1) is 3.57 Å². The molecule has 3 aromatic rings. The Morgan fingerprint density at radius 3 is 2.58 bits per heavy atom. The van der Waals surface area contributed by atoms with Crippen molar-refractivity contribution in [3.05, 3.63) is 61.8 Å². The van der Waals surface area contributed by atoms with Crippen LogP contribution in [0.15, 0.2) is 52.6 Å². The molecule has 0 saturated heterocycles. The number of thiophene rings is 1.